The van der Waals surface area contributed by atoms with Gasteiger partial charge in [-0.15, -0.1) is 11.3 Å². The third-order valence-electron chi connectivity index (χ3n) is 3.44. The van der Waals surface area contributed by atoms with E-state index in [1.807, 2.05) is 0 Å². The van der Waals surface area contributed by atoms with Crippen LogP contribution in [0.25, 0.3) is 0 Å². The maximum atomic E-state index is 5.94. The summed E-state index contributed by atoms with van der Waals surface area (Å²) >= 11 is 7.58. The number of halogens is 1. The zero-order valence-electron chi connectivity index (χ0n) is 7.92. The Bertz CT molecular complexity index is 348. The van der Waals surface area contributed by atoms with Crippen LogP contribution in [0.15, 0.2) is 6.20 Å². The Kier molecular flexibility index (Phi) is 2.08. The van der Waals surface area contributed by atoms with Gasteiger partial charge in [0, 0.05) is 6.04 Å². The van der Waals surface area contributed by atoms with Gasteiger partial charge in [-0.2, -0.15) is 0 Å². The summed E-state index contributed by atoms with van der Waals surface area (Å²) in [5.74, 6) is 0. The van der Waals surface area contributed by atoms with E-state index in [4.69, 9.17) is 11.6 Å². The van der Waals surface area contributed by atoms with Crippen molar-refractivity contribution in [3.63, 3.8) is 0 Å². The van der Waals surface area contributed by atoms with Crippen molar-refractivity contribution in [1.29, 1.82) is 0 Å². The molecule has 0 aliphatic carbocycles. The summed E-state index contributed by atoms with van der Waals surface area (Å²) in [4.78, 5) is 4.43. The SMILES string of the molecule is Clc1cnc(C23CCCC(CC2)N3)s1. The summed E-state index contributed by atoms with van der Waals surface area (Å²) < 4.78 is 0.810. The van der Waals surface area contributed by atoms with Gasteiger partial charge in [-0.25, -0.2) is 4.98 Å². The molecule has 3 heterocycles. The fourth-order valence-electron chi connectivity index (χ4n) is 2.77. The highest BCUT2D eigenvalue weighted by Crippen LogP contribution is 2.44. The van der Waals surface area contributed by atoms with Gasteiger partial charge in [0.2, 0.25) is 0 Å². The van der Waals surface area contributed by atoms with E-state index in [1.54, 1.807) is 17.5 Å². The van der Waals surface area contributed by atoms with Gasteiger partial charge in [-0.3, -0.25) is 0 Å². The Hall–Kier alpha value is -0.120. The van der Waals surface area contributed by atoms with Crippen LogP contribution in [-0.4, -0.2) is 11.0 Å². The van der Waals surface area contributed by atoms with Crippen LogP contribution in [-0.2, 0) is 5.54 Å². The van der Waals surface area contributed by atoms with E-state index in [0.717, 1.165) is 10.4 Å². The Morgan fingerprint density at radius 2 is 2.43 bits per heavy atom. The van der Waals surface area contributed by atoms with Gasteiger partial charge in [-0.1, -0.05) is 11.6 Å². The monoisotopic (exact) mass is 228 g/mol. The van der Waals surface area contributed by atoms with Gasteiger partial charge in [0.25, 0.3) is 0 Å². The summed E-state index contributed by atoms with van der Waals surface area (Å²) in [6.45, 7) is 0. The van der Waals surface area contributed by atoms with Crippen LogP contribution in [0.3, 0.4) is 0 Å². The van der Waals surface area contributed by atoms with Gasteiger partial charge in [0.15, 0.2) is 0 Å². The Balaban J connectivity index is 1.96. The van der Waals surface area contributed by atoms with Gasteiger partial charge in [0.1, 0.15) is 9.34 Å². The lowest BCUT2D eigenvalue weighted by molar-refractivity contribution is 0.279. The lowest BCUT2D eigenvalue weighted by Gasteiger charge is -2.32. The molecule has 2 aliphatic rings. The van der Waals surface area contributed by atoms with Crippen LogP contribution < -0.4 is 5.32 Å². The maximum absolute atomic E-state index is 5.94. The van der Waals surface area contributed by atoms with E-state index in [2.05, 4.69) is 10.3 Å². The minimum absolute atomic E-state index is 0.181. The third-order valence-corrected chi connectivity index (χ3v) is 4.76. The van der Waals surface area contributed by atoms with Crippen molar-refractivity contribution < 1.29 is 0 Å². The van der Waals surface area contributed by atoms with E-state index < -0.39 is 0 Å². The quantitative estimate of drug-likeness (QED) is 0.800. The minimum atomic E-state index is 0.181. The van der Waals surface area contributed by atoms with Crippen LogP contribution in [0.2, 0.25) is 4.34 Å². The molecular weight excluding hydrogens is 216 g/mol. The molecule has 2 fully saturated rings. The highest BCUT2D eigenvalue weighted by molar-refractivity contribution is 7.15. The molecule has 2 bridgehead atoms. The molecular formula is C10H13ClN2S. The van der Waals surface area contributed by atoms with Crippen molar-refractivity contribution in [3.05, 3.63) is 15.5 Å². The molecule has 4 heteroatoms. The van der Waals surface area contributed by atoms with E-state index >= 15 is 0 Å². The number of hydrogen-bond acceptors (Lipinski definition) is 3. The lowest BCUT2D eigenvalue weighted by Crippen LogP contribution is -2.43. The Labute approximate surface area is 92.7 Å². The molecule has 0 aromatic carbocycles. The topological polar surface area (TPSA) is 24.9 Å². The molecule has 1 aromatic heterocycles. The highest BCUT2D eigenvalue weighted by Gasteiger charge is 2.44. The molecule has 76 valence electrons. The zero-order chi connectivity index (χ0) is 9.60. The Morgan fingerprint density at radius 1 is 1.50 bits per heavy atom. The van der Waals surface area contributed by atoms with Gasteiger partial charge in [-0.05, 0) is 32.1 Å². The molecule has 0 amide bonds. The number of nitrogens with zero attached hydrogens (tertiary/aromatic N) is 1. The average molecular weight is 229 g/mol. The van der Waals surface area contributed by atoms with Crippen molar-refractivity contribution >= 4 is 22.9 Å². The van der Waals surface area contributed by atoms with E-state index in [9.17, 15) is 0 Å². The fraction of sp³-hybridized carbons (Fsp3) is 0.700. The highest BCUT2D eigenvalue weighted by atomic mass is 35.5. The normalized spacial score (nSPS) is 36.2. The predicted molar refractivity (Wildman–Crippen MR) is 58.8 cm³/mol. The van der Waals surface area contributed by atoms with E-state index in [-0.39, 0.29) is 5.54 Å². The third kappa shape index (κ3) is 1.30. The standard InChI is InChI=1S/C10H13ClN2S/c11-8-6-12-9(14-8)10-4-1-2-7(13-10)3-5-10/h6-7,13H,1-5H2. The number of thiazole rings is 1. The van der Waals surface area contributed by atoms with Crippen molar-refractivity contribution in [3.8, 4) is 0 Å². The van der Waals surface area contributed by atoms with Crippen molar-refractivity contribution in [2.24, 2.45) is 0 Å². The second-order valence-electron chi connectivity index (χ2n) is 4.32. The van der Waals surface area contributed by atoms with Gasteiger partial charge >= 0.3 is 0 Å². The lowest BCUT2D eigenvalue weighted by atomic mass is 9.91. The molecule has 2 nitrogen and oxygen atoms in total. The van der Waals surface area contributed by atoms with Crippen molar-refractivity contribution in [1.82, 2.24) is 10.3 Å². The summed E-state index contributed by atoms with van der Waals surface area (Å²) in [5.41, 5.74) is 0.181. The molecule has 2 unspecified atom stereocenters. The molecule has 2 atom stereocenters. The first-order chi connectivity index (χ1) is 6.78. The summed E-state index contributed by atoms with van der Waals surface area (Å²) in [7, 11) is 0. The number of rotatable bonds is 1. The number of aromatic nitrogens is 1. The molecule has 0 saturated carbocycles. The van der Waals surface area contributed by atoms with Gasteiger partial charge < -0.3 is 5.32 Å². The molecule has 1 aromatic rings. The smallest absolute Gasteiger partial charge is 0.114 e. The first kappa shape index (κ1) is 9.13. The van der Waals surface area contributed by atoms with Crippen LogP contribution in [0, 0.1) is 0 Å². The molecule has 2 saturated heterocycles. The van der Waals surface area contributed by atoms with Crippen molar-refractivity contribution in [2.75, 3.05) is 0 Å². The summed E-state index contributed by atoms with van der Waals surface area (Å²) in [6, 6.07) is 0.728. The molecule has 0 spiro atoms. The summed E-state index contributed by atoms with van der Waals surface area (Å²) in [5, 5.41) is 4.92. The number of hydrogen-bond donors (Lipinski definition) is 1. The van der Waals surface area contributed by atoms with Crippen LogP contribution in [0.1, 0.15) is 37.1 Å². The maximum Gasteiger partial charge on any atom is 0.114 e. The average Bonchev–Trinajstić information content (AvgIpc) is 2.73. The molecule has 14 heavy (non-hydrogen) atoms. The summed E-state index contributed by atoms with van der Waals surface area (Å²) in [6.07, 6.45) is 8.21. The first-order valence-corrected chi connectivity index (χ1v) is 6.37. The van der Waals surface area contributed by atoms with E-state index in [1.165, 1.54) is 37.1 Å². The predicted octanol–water partition coefficient (Wildman–Crippen LogP) is 2.93. The molecule has 3 rings (SSSR count). The van der Waals surface area contributed by atoms with Crippen LogP contribution in [0.4, 0.5) is 0 Å². The molecule has 2 aliphatic heterocycles. The number of nitrogens with one attached hydrogen (secondary N) is 1. The Morgan fingerprint density at radius 3 is 3.21 bits per heavy atom. The first-order valence-electron chi connectivity index (χ1n) is 5.18. The second kappa shape index (κ2) is 3.19. The minimum Gasteiger partial charge on any atom is -0.303 e. The number of piperidine rings is 1. The fourth-order valence-corrected chi connectivity index (χ4v) is 3.89. The van der Waals surface area contributed by atoms with Crippen LogP contribution in [0.5, 0.6) is 0 Å². The largest absolute Gasteiger partial charge is 0.303 e. The van der Waals surface area contributed by atoms with Gasteiger partial charge in [0.05, 0.1) is 11.7 Å². The molecule has 0 radical (unpaired) electrons. The van der Waals surface area contributed by atoms with E-state index in [0.29, 0.717) is 0 Å². The second-order valence-corrected chi connectivity index (χ2v) is 5.99. The van der Waals surface area contributed by atoms with Crippen molar-refractivity contribution in [2.45, 2.75) is 43.7 Å². The molecule has 1 N–H and O–H groups in total. The van der Waals surface area contributed by atoms with Crippen LogP contribution >= 0.6 is 22.9 Å². The zero-order valence-corrected chi connectivity index (χ0v) is 9.50. The number of fused-ring (bicyclic) bond motifs is 2.